The van der Waals surface area contributed by atoms with Crippen LogP contribution in [0.15, 0.2) is 29.2 Å². The van der Waals surface area contributed by atoms with Gasteiger partial charge < -0.3 is 5.11 Å². The van der Waals surface area contributed by atoms with Crippen LogP contribution in [0.4, 0.5) is 0 Å². The second-order valence-corrected chi connectivity index (χ2v) is 6.25. The minimum absolute atomic E-state index is 0.154. The Hall–Kier alpha value is -1.42. The second-order valence-electron chi connectivity index (χ2n) is 4.48. The van der Waals surface area contributed by atoms with Crippen molar-refractivity contribution in [1.82, 2.24) is 4.72 Å². The molecular weight excluding hydrogens is 252 g/mol. The summed E-state index contributed by atoms with van der Waals surface area (Å²) in [6.07, 6.45) is 1.01. The lowest BCUT2D eigenvalue weighted by Gasteiger charge is -2.31. The lowest BCUT2D eigenvalue weighted by atomic mass is 9.83. The van der Waals surface area contributed by atoms with Crippen molar-refractivity contribution < 1.29 is 13.5 Å². The van der Waals surface area contributed by atoms with Crippen LogP contribution in [-0.4, -0.2) is 26.2 Å². The van der Waals surface area contributed by atoms with E-state index in [1.54, 1.807) is 0 Å². The smallest absolute Gasteiger partial charge is 0.240 e. The predicted molar refractivity (Wildman–Crippen MR) is 65.1 cm³/mol. The predicted octanol–water partition coefficient (Wildman–Crippen LogP) is 0.607. The summed E-state index contributed by atoms with van der Waals surface area (Å²) in [7, 11) is -3.52. The minimum Gasteiger partial charge on any atom is -0.393 e. The Morgan fingerprint density at radius 2 is 1.94 bits per heavy atom. The van der Waals surface area contributed by atoms with E-state index >= 15 is 0 Å². The molecule has 0 aromatic heterocycles. The van der Waals surface area contributed by atoms with Gasteiger partial charge in [0.1, 0.15) is 0 Å². The van der Waals surface area contributed by atoms with E-state index in [1.807, 2.05) is 6.07 Å². The molecule has 0 amide bonds. The Bertz CT molecular complexity index is 554. The van der Waals surface area contributed by atoms with Crippen molar-refractivity contribution in [2.75, 3.05) is 6.54 Å². The van der Waals surface area contributed by atoms with E-state index in [4.69, 9.17) is 10.4 Å². The molecule has 2 N–H and O–H groups in total. The first-order valence-corrected chi connectivity index (χ1v) is 7.17. The number of hydrogen-bond acceptors (Lipinski definition) is 4. The molecule has 1 aromatic carbocycles. The van der Waals surface area contributed by atoms with E-state index in [0.29, 0.717) is 24.9 Å². The van der Waals surface area contributed by atoms with Gasteiger partial charge >= 0.3 is 0 Å². The first-order chi connectivity index (χ1) is 8.51. The number of aliphatic hydroxyl groups is 1. The van der Waals surface area contributed by atoms with Crippen LogP contribution in [0.2, 0.25) is 0 Å². The van der Waals surface area contributed by atoms with Crippen LogP contribution in [0, 0.1) is 17.2 Å². The zero-order valence-corrected chi connectivity index (χ0v) is 10.5. The van der Waals surface area contributed by atoms with Gasteiger partial charge in [0.15, 0.2) is 0 Å². The second kappa shape index (κ2) is 5.06. The third kappa shape index (κ3) is 2.88. The number of hydrogen-bond donors (Lipinski definition) is 2. The third-order valence-electron chi connectivity index (χ3n) is 3.07. The van der Waals surface area contributed by atoms with Gasteiger partial charge in [-0.25, -0.2) is 13.1 Å². The van der Waals surface area contributed by atoms with E-state index in [2.05, 4.69) is 4.72 Å². The molecule has 18 heavy (non-hydrogen) atoms. The SMILES string of the molecule is N#Cc1ccc(S(=O)(=O)NCC2CC(O)C2)cc1. The third-order valence-corrected chi connectivity index (χ3v) is 4.51. The summed E-state index contributed by atoms with van der Waals surface area (Å²) in [4.78, 5) is 0.154. The Kier molecular flexibility index (Phi) is 3.66. The standard InChI is InChI=1S/C12H14N2O3S/c13-7-9-1-3-12(4-2-9)18(16,17)14-8-10-5-11(15)6-10/h1-4,10-11,14-15H,5-6,8H2. The number of nitrogens with zero attached hydrogens (tertiary/aromatic N) is 1. The zero-order chi connectivity index (χ0) is 13.2. The van der Waals surface area contributed by atoms with Crippen LogP contribution >= 0.6 is 0 Å². The maximum atomic E-state index is 11.9. The maximum absolute atomic E-state index is 11.9. The van der Waals surface area contributed by atoms with E-state index in [9.17, 15) is 8.42 Å². The van der Waals surface area contributed by atoms with Gasteiger partial charge in [0, 0.05) is 6.54 Å². The summed E-state index contributed by atoms with van der Waals surface area (Å²) in [5.41, 5.74) is 0.427. The van der Waals surface area contributed by atoms with Crippen LogP contribution in [0.1, 0.15) is 18.4 Å². The van der Waals surface area contributed by atoms with Crippen LogP contribution in [0.5, 0.6) is 0 Å². The quantitative estimate of drug-likeness (QED) is 0.835. The molecule has 0 radical (unpaired) electrons. The van der Waals surface area contributed by atoms with Gasteiger partial charge in [0.2, 0.25) is 10.0 Å². The molecule has 96 valence electrons. The fraction of sp³-hybridized carbons (Fsp3) is 0.417. The lowest BCUT2D eigenvalue weighted by Crippen LogP contribution is -2.38. The minimum atomic E-state index is -3.52. The highest BCUT2D eigenvalue weighted by atomic mass is 32.2. The van der Waals surface area contributed by atoms with Crippen LogP contribution in [-0.2, 0) is 10.0 Å². The fourth-order valence-corrected chi connectivity index (χ4v) is 3.00. The number of rotatable bonds is 4. The van der Waals surface area contributed by atoms with Gasteiger partial charge in [-0.1, -0.05) is 0 Å². The van der Waals surface area contributed by atoms with Gasteiger partial charge in [0.25, 0.3) is 0 Å². The molecule has 0 heterocycles. The van der Waals surface area contributed by atoms with E-state index in [-0.39, 0.29) is 16.9 Å². The topological polar surface area (TPSA) is 90.2 Å². The summed E-state index contributed by atoms with van der Waals surface area (Å²) in [5, 5.41) is 17.7. The normalized spacial score (nSPS) is 23.1. The molecule has 1 saturated carbocycles. The van der Waals surface area contributed by atoms with Crippen molar-refractivity contribution in [1.29, 1.82) is 5.26 Å². The van der Waals surface area contributed by atoms with E-state index < -0.39 is 10.0 Å². The summed E-state index contributed by atoms with van der Waals surface area (Å²) < 4.78 is 26.3. The molecule has 5 nitrogen and oxygen atoms in total. The molecule has 0 spiro atoms. The van der Waals surface area contributed by atoms with E-state index in [0.717, 1.165) is 0 Å². The summed E-state index contributed by atoms with van der Waals surface area (Å²) in [5.74, 6) is 0.216. The van der Waals surface area contributed by atoms with Crippen LogP contribution < -0.4 is 4.72 Å². The molecule has 1 aromatic rings. The van der Waals surface area contributed by atoms with Crippen molar-refractivity contribution in [3.05, 3.63) is 29.8 Å². The average Bonchev–Trinajstić information content (AvgIpc) is 2.33. The summed E-state index contributed by atoms with van der Waals surface area (Å²) >= 11 is 0. The number of sulfonamides is 1. The van der Waals surface area contributed by atoms with Crippen molar-refractivity contribution in [2.45, 2.75) is 23.8 Å². The van der Waals surface area contributed by atoms with Gasteiger partial charge in [-0.3, -0.25) is 0 Å². The Labute approximate surface area is 106 Å². The van der Waals surface area contributed by atoms with Gasteiger partial charge in [-0.2, -0.15) is 5.26 Å². The molecule has 1 aliphatic rings. The first-order valence-electron chi connectivity index (χ1n) is 5.69. The highest BCUT2D eigenvalue weighted by molar-refractivity contribution is 7.89. The van der Waals surface area contributed by atoms with Gasteiger partial charge in [-0.15, -0.1) is 0 Å². The average molecular weight is 266 g/mol. The highest BCUT2D eigenvalue weighted by Crippen LogP contribution is 2.26. The molecule has 0 atom stereocenters. The van der Waals surface area contributed by atoms with Crippen molar-refractivity contribution >= 4 is 10.0 Å². The number of benzene rings is 1. The molecular formula is C12H14N2O3S. The molecule has 1 fully saturated rings. The zero-order valence-electron chi connectivity index (χ0n) is 9.70. The highest BCUT2D eigenvalue weighted by Gasteiger charge is 2.28. The van der Waals surface area contributed by atoms with E-state index in [1.165, 1.54) is 24.3 Å². The van der Waals surface area contributed by atoms with Crippen molar-refractivity contribution in [3.8, 4) is 6.07 Å². The lowest BCUT2D eigenvalue weighted by molar-refractivity contribution is 0.0453. The maximum Gasteiger partial charge on any atom is 0.240 e. The monoisotopic (exact) mass is 266 g/mol. The van der Waals surface area contributed by atoms with Crippen LogP contribution in [0.3, 0.4) is 0 Å². The van der Waals surface area contributed by atoms with Gasteiger partial charge in [0.05, 0.1) is 22.6 Å². The molecule has 0 saturated heterocycles. The van der Waals surface area contributed by atoms with Crippen LogP contribution in [0.25, 0.3) is 0 Å². The molecule has 6 heteroatoms. The number of nitrogens with one attached hydrogen (secondary N) is 1. The molecule has 1 aliphatic carbocycles. The Morgan fingerprint density at radius 3 is 2.44 bits per heavy atom. The first kappa shape index (κ1) is 13.0. The number of aliphatic hydroxyl groups excluding tert-OH is 1. The fourth-order valence-electron chi connectivity index (χ4n) is 1.89. The van der Waals surface area contributed by atoms with Crippen molar-refractivity contribution in [3.63, 3.8) is 0 Å². The van der Waals surface area contributed by atoms with Crippen molar-refractivity contribution in [2.24, 2.45) is 5.92 Å². The largest absolute Gasteiger partial charge is 0.393 e. The Morgan fingerprint density at radius 1 is 1.33 bits per heavy atom. The molecule has 0 unspecified atom stereocenters. The summed E-state index contributed by atoms with van der Waals surface area (Å²) in [6.45, 7) is 0.347. The van der Waals surface area contributed by atoms with Gasteiger partial charge in [-0.05, 0) is 43.0 Å². The molecule has 2 rings (SSSR count). The molecule has 0 bridgehead atoms. The summed E-state index contributed by atoms with van der Waals surface area (Å²) in [6, 6.07) is 7.71. The Balaban J connectivity index is 1.99. The molecule has 0 aliphatic heterocycles. The number of nitriles is 1.